The molecule has 0 amide bonds. The van der Waals surface area contributed by atoms with Gasteiger partial charge in [-0.1, -0.05) is 0 Å². The summed E-state index contributed by atoms with van der Waals surface area (Å²) in [5.41, 5.74) is 0. The van der Waals surface area contributed by atoms with Gasteiger partial charge in [-0.3, -0.25) is 4.55 Å². The van der Waals surface area contributed by atoms with Crippen molar-refractivity contribution in [3.8, 4) is 0 Å². The molecule has 0 aromatic carbocycles. The van der Waals surface area contributed by atoms with Gasteiger partial charge in [0, 0.05) is 0 Å². The Morgan fingerprint density at radius 1 is 1.00 bits per heavy atom. The van der Waals surface area contributed by atoms with E-state index in [-0.39, 0.29) is 6.29 Å². The highest BCUT2D eigenvalue weighted by Crippen LogP contribution is 2.08. The fourth-order valence-electron chi connectivity index (χ4n) is 0.887. The zero-order valence-corrected chi connectivity index (χ0v) is 11.1. The molecule has 120 valence electrons. The quantitative estimate of drug-likeness (QED) is 0.200. The Hall–Kier alpha value is -0.710. The third-order valence-electron chi connectivity index (χ3n) is 1.79. The molecule has 0 radical (unpaired) electrons. The molecule has 0 aromatic heterocycles. The van der Waals surface area contributed by atoms with Gasteiger partial charge in [0.1, 0.15) is 24.4 Å². The highest BCUT2D eigenvalue weighted by atomic mass is 32.3. The molecule has 0 aliphatic carbocycles. The van der Waals surface area contributed by atoms with Gasteiger partial charge in [-0.25, -0.2) is 4.18 Å². The zero-order valence-electron chi connectivity index (χ0n) is 9.50. The number of aliphatic hydroxyl groups excluding tert-OH is 4. The van der Waals surface area contributed by atoms with Crippen LogP contribution in [0.4, 0.5) is 0 Å². The fourth-order valence-corrected chi connectivity index (χ4v) is 2.19. The van der Waals surface area contributed by atoms with Gasteiger partial charge in [0.25, 0.3) is 0 Å². The van der Waals surface area contributed by atoms with Crippen LogP contribution in [0.5, 0.6) is 0 Å². The lowest BCUT2D eigenvalue weighted by molar-refractivity contribution is -0.135. The molecule has 0 bridgehead atoms. The maximum absolute atomic E-state index is 10.8. The number of hydrogen-bond donors (Lipinski definition) is 5. The summed E-state index contributed by atoms with van der Waals surface area (Å²) in [6, 6.07) is 0. The topological polar surface area (TPSA) is 205 Å². The van der Waals surface area contributed by atoms with Gasteiger partial charge >= 0.3 is 20.8 Å². The van der Waals surface area contributed by atoms with Crippen molar-refractivity contribution in [2.45, 2.75) is 24.4 Å². The van der Waals surface area contributed by atoms with Crippen LogP contribution in [-0.2, 0) is 33.4 Å². The number of carbonyl (C=O) groups is 1. The van der Waals surface area contributed by atoms with Crippen molar-refractivity contribution in [3.05, 3.63) is 0 Å². The Kier molecular flexibility index (Phi) is 7.08. The molecule has 20 heavy (non-hydrogen) atoms. The maximum atomic E-state index is 10.8. The number of carbonyl (C=O) groups excluding carboxylic acids is 1. The van der Waals surface area contributed by atoms with E-state index in [1.54, 1.807) is 0 Å². The molecule has 0 aromatic rings. The monoisotopic (exact) mass is 340 g/mol. The average Bonchev–Trinajstić information content (AvgIpc) is 2.30. The van der Waals surface area contributed by atoms with E-state index in [1.807, 2.05) is 0 Å². The Labute approximate surface area is 113 Å². The first-order valence-electron chi connectivity index (χ1n) is 4.65. The Bertz CT molecular complexity index is 508. The van der Waals surface area contributed by atoms with Gasteiger partial charge in [-0.15, -0.1) is 3.63 Å². The predicted molar refractivity (Wildman–Crippen MR) is 57.6 cm³/mol. The third kappa shape index (κ3) is 7.17. The van der Waals surface area contributed by atoms with Crippen LogP contribution in [0.15, 0.2) is 0 Å². The molecule has 0 saturated carbocycles. The maximum Gasteiger partial charge on any atom is 0.416 e. The molecule has 14 heteroatoms. The summed E-state index contributed by atoms with van der Waals surface area (Å²) in [5, 5.41) is 36.4. The van der Waals surface area contributed by atoms with Crippen molar-refractivity contribution in [3.63, 3.8) is 0 Å². The van der Waals surface area contributed by atoms with E-state index in [0.717, 1.165) is 0 Å². The second-order valence-electron chi connectivity index (χ2n) is 3.36. The van der Waals surface area contributed by atoms with Gasteiger partial charge in [0.15, 0.2) is 6.29 Å². The lowest BCUT2D eigenvalue weighted by atomic mass is 10.0. The van der Waals surface area contributed by atoms with Crippen molar-refractivity contribution in [2.75, 3.05) is 6.61 Å². The van der Waals surface area contributed by atoms with Crippen LogP contribution < -0.4 is 0 Å². The van der Waals surface area contributed by atoms with Crippen LogP contribution in [0, 0.1) is 0 Å². The van der Waals surface area contributed by atoms with E-state index in [9.17, 15) is 31.8 Å². The van der Waals surface area contributed by atoms with Crippen LogP contribution in [0.2, 0.25) is 0 Å². The summed E-state index contributed by atoms with van der Waals surface area (Å²) in [5.74, 6) is 0. The highest BCUT2D eigenvalue weighted by Gasteiger charge is 2.32. The number of rotatable bonds is 9. The SMILES string of the molecule is O=C[C@H](O)[C@@H](O)[C@@H](O)[C@H](O)COS(=O)(=O)OS(=O)(=O)O. The minimum Gasteiger partial charge on any atom is -0.388 e. The molecule has 4 atom stereocenters. The summed E-state index contributed by atoms with van der Waals surface area (Å²) in [6.45, 7) is -1.29. The van der Waals surface area contributed by atoms with Crippen LogP contribution in [0.25, 0.3) is 0 Å². The van der Waals surface area contributed by atoms with Gasteiger partial charge in [-0.2, -0.15) is 16.8 Å². The first-order chi connectivity index (χ1) is 8.89. The van der Waals surface area contributed by atoms with Crippen LogP contribution in [0.3, 0.4) is 0 Å². The summed E-state index contributed by atoms with van der Waals surface area (Å²) in [6.07, 6.45) is -8.66. The first kappa shape index (κ1) is 19.3. The van der Waals surface area contributed by atoms with Crippen LogP contribution in [-0.4, -0.2) is 79.1 Å². The predicted octanol–water partition coefficient (Wildman–Crippen LogP) is -4.29. The second-order valence-corrected chi connectivity index (χ2v) is 5.82. The lowest BCUT2D eigenvalue weighted by Gasteiger charge is -2.23. The summed E-state index contributed by atoms with van der Waals surface area (Å²) >= 11 is 0. The first-order valence-corrected chi connectivity index (χ1v) is 7.35. The molecule has 5 N–H and O–H groups in total. The molecule has 0 heterocycles. The molecule has 0 aliphatic heterocycles. The Balaban J connectivity index is 4.56. The van der Waals surface area contributed by atoms with Crippen LogP contribution >= 0.6 is 0 Å². The third-order valence-corrected chi connectivity index (χ3v) is 3.57. The van der Waals surface area contributed by atoms with Crippen molar-refractivity contribution >= 4 is 27.1 Å². The van der Waals surface area contributed by atoms with Crippen LogP contribution in [0.1, 0.15) is 0 Å². The summed E-state index contributed by atoms with van der Waals surface area (Å²) in [4.78, 5) is 10.1. The number of aldehydes is 1. The Morgan fingerprint density at radius 3 is 1.90 bits per heavy atom. The molecule has 0 rings (SSSR count). The molecule has 12 nitrogen and oxygen atoms in total. The van der Waals surface area contributed by atoms with E-state index in [2.05, 4.69) is 7.81 Å². The van der Waals surface area contributed by atoms with E-state index in [4.69, 9.17) is 14.8 Å². The van der Waals surface area contributed by atoms with E-state index in [0.29, 0.717) is 0 Å². The van der Waals surface area contributed by atoms with E-state index >= 15 is 0 Å². The standard InChI is InChI=1S/C6H12O12S2/c7-1-3(8)5(10)6(11)4(9)2-17-20(15,16)18-19(12,13)14/h1,3-6,8-11H,2H2,(H,12,13,14)/t3-,4+,5+,6-/m0/s1. The summed E-state index contributed by atoms with van der Waals surface area (Å²) < 4.78 is 56.8. The van der Waals surface area contributed by atoms with Crippen molar-refractivity contribution in [2.24, 2.45) is 0 Å². The minimum atomic E-state index is -5.38. The van der Waals surface area contributed by atoms with E-state index < -0.39 is 51.8 Å². The molecule has 0 spiro atoms. The van der Waals surface area contributed by atoms with Crippen molar-refractivity contribution < 1.29 is 54.4 Å². The highest BCUT2D eigenvalue weighted by molar-refractivity contribution is 7.94. The summed E-state index contributed by atoms with van der Waals surface area (Å²) in [7, 11) is -10.6. The number of hydrogen-bond acceptors (Lipinski definition) is 11. The zero-order chi connectivity index (χ0) is 16.1. The molecular formula is C6H12O12S2. The fraction of sp³-hybridized carbons (Fsp3) is 0.833. The minimum absolute atomic E-state index is 0.153. The molecule has 0 fully saturated rings. The van der Waals surface area contributed by atoms with Gasteiger partial charge in [0.2, 0.25) is 0 Å². The average molecular weight is 340 g/mol. The second kappa shape index (κ2) is 7.34. The molecule has 0 aliphatic rings. The lowest BCUT2D eigenvalue weighted by Crippen LogP contribution is -2.47. The number of aliphatic hydroxyl groups is 4. The van der Waals surface area contributed by atoms with Gasteiger partial charge < -0.3 is 25.2 Å². The largest absolute Gasteiger partial charge is 0.416 e. The normalized spacial score (nSPS) is 19.1. The van der Waals surface area contributed by atoms with Gasteiger partial charge in [-0.05, 0) is 0 Å². The van der Waals surface area contributed by atoms with Crippen molar-refractivity contribution in [1.29, 1.82) is 0 Å². The van der Waals surface area contributed by atoms with Gasteiger partial charge in [0.05, 0.1) is 6.61 Å². The molecule has 0 saturated heterocycles. The molecular weight excluding hydrogens is 328 g/mol. The molecule has 0 unspecified atom stereocenters. The van der Waals surface area contributed by atoms with Crippen molar-refractivity contribution in [1.82, 2.24) is 0 Å². The Morgan fingerprint density at radius 2 is 1.50 bits per heavy atom. The van der Waals surface area contributed by atoms with E-state index in [1.165, 1.54) is 0 Å². The smallest absolute Gasteiger partial charge is 0.388 e.